The lowest BCUT2D eigenvalue weighted by Gasteiger charge is -2.45. The molecule has 2 aliphatic heterocycles. The van der Waals surface area contributed by atoms with Crippen molar-refractivity contribution < 1.29 is 4.92 Å². The molecule has 0 saturated heterocycles. The molecule has 0 unspecified atom stereocenters. The third-order valence-electron chi connectivity index (χ3n) is 5.92. The fourth-order valence-corrected chi connectivity index (χ4v) is 5.02. The second kappa shape index (κ2) is 4.22. The van der Waals surface area contributed by atoms with Gasteiger partial charge >= 0.3 is 0 Å². The van der Waals surface area contributed by atoms with E-state index in [0.29, 0.717) is 23.4 Å². The van der Waals surface area contributed by atoms with E-state index in [9.17, 15) is 10.1 Å². The van der Waals surface area contributed by atoms with Crippen LogP contribution < -0.4 is 4.90 Å². The lowest BCUT2D eigenvalue weighted by molar-refractivity contribution is -0.385. The van der Waals surface area contributed by atoms with Crippen molar-refractivity contribution in [3.63, 3.8) is 0 Å². The van der Waals surface area contributed by atoms with Crippen molar-refractivity contribution >= 4 is 11.4 Å². The Hall–Kier alpha value is -2.10. The van der Waals surface area contributed by atoms with E-state index in [1.807, 2.05) is 6.07 Å². The van der Waals surface area contributed by atoms with Crippen molar-refractivity contribution in [2.75, 3.05) is 18.0 Å². The molecule has 0 fully saturated rings. The molecule has 22 heavy (non-hydrogen) atoms. The summed E-state index contributed by atoms with van der Waals surface area (Å²) < 4.78 is 0. The first-order chi connectivity index (χ1) is 10.7. The number of fused-ring (bicyclic) bond motifs is 4. The number of benzene rings is 1. The van der Waals surface area contributed by atoms with Crippen LogP contribution in [0.5, 0.6) is 0 Å². The molecule has 1 aromatic rings. The molecule has 5 rings (SSSR count). The molecule has 0 spiro atoms. The van der Waals surface area contributed by atoms with E-state index in [0.717, 1.165) is 31.5 Å². The molecule has 112 valence electrons. The van der Waals surface area contributed by atoms with Crippen molar-refractivity contribution in [3.05, 3.63) is 57.7 Å². The van der Waals surface area contributed by atoms with Gasteiger partial charge in [-0.15, -0.1) is 0 Å². The highest BCUT2D eigenvalue weighted by molar-refractivity contribution is 5.73. The van der Waals surface area contributed by atoms with Crippen LogP contribution in [0.3, 0.4) is 0 Å². The van der Waals surface area contributed by atoms with Gasteiger partial charge in [-0.2, -0.15) is 0 Å². The fourth-order valence-electron chi connectivity index (χ4n) is 5.02. The lowest BCUT2D eigenvalue weighted by atomic mass is 9.74. The van der Waals surface area contributed by atoms with E-state index < -0.39 is 0 Å². The van der Waals surface area contributed by atoms with Gasteiger partial charge in [0.05, 0.1) is 16.2 Å². The normalized spacial score (nSPS) is 33.5. The summed E-state index contributed by atoms with van der Waals surface area (Å²) >= 11 is 0. The number of hydrogen-bond acceptors (Lipinski definition) is 3. The number of rotatable bonds is 1. The maximum Gasteiger partial charge on any atom is 0.275 e. The van der Waals surface area contributed by atoms with Crippen molar-refractivity contribution in [1.29, 1.82) is 0 Å². The topological polar surface area (TPSA) is 46.4 Å². The van der Waals surface area contributed by atoms with Gasteiger partial charge in [0.15, 0.2) is 0 Å². The highest BCUT2D eigenvalue weighted by Crippen LogP contribution is 2.55. The summed E-state index contributed by atoms with van der Waals surface area (Å²) in [5.74, 6) is 1.83. The van der Waals surface area contributed by atoms with Crippen LogP contribution in [-0.4, -0.2) is 18.0 Å². The molecule has 0 aromatic heterocycles. The zero-order valence-electron chi connectivity index (χ0n) is 12.3. The minimum absolute atomic E-state index is 0.196. The Morgan fingerprint density at radius 1 is 1.05 bits per heavy atom. The predicted molar refractivity (Wildman–Crippen MR) is 85.3 cm³/mol. The van der Waals surface area contributed by atoms with Gasteiger partial charge < -0.3 is 4.90 Å². The van der Waals surface area contributed by atoms with E-state index in [1.165, 1.54) is 11.3 Å². The van der Waals surface area contributed by atoms with Crippen molar-refractivity contribution in [1.82, 2.24) is 0 Å². The van der Waals surface area contributed by atoms with E-state index >= 15 is 0 Å². The summed E-state index contributed by atoms with van der Waals surface area (Å²) in [6.45, 7) is 2.09. The maximum absolute atomic E-state index is 11.6. The van der Waals surface area contributed by atoms with Crippen LogP contribution >= 0.6 is 0 Å². The third kappa shape index (κ3) is 1.47. The third-order valence-corrected chi connectivity index (χ3v) is 5.92. The van der Waals surface area contributed by atoms with E-state index in [-0.39, 0.29) is 10.8 Å². The van der Waals surface area contributed by atoms with Gasteiger partial charge in [0.1, 0.15) is 0 Å². The molecular weight excluding hydrogens is 276 g/mol. The number of hydrogen-bond donors (Lipinski definition) is 0. The number of nitrogens with zero attached hydrogens (tertiary/aromatic N) is 2. The lowest BCUT2D eigenvalue weighted by Crippen LogP contribution is -2.43. The van der Waals surface area contributed by atoms with E-state index in [4.69, 9.17) is 0 Å². The summed E-state index contributed by atoms with van der Waals surface area (Å²) in [7, 11) is 0. The van der Waals surface area contributed by atoms with Crippen LogP contribution in [0.4, 0.5) is 11.4 Å². The smallest absolute Gasteiger partial charge is 0.275 e. The minimum Gasteiger partial charge on any atom is -0.370 e. The molecule has 0 bridgehead atoms. The molecule has 0 amide bonds. The van der Waals surface area contributed by atoms with Crippen molar-refractivity contribution in [2.45, 2.75) is 24.7 Å². The first-order valence-electron chi connectivity index (χ1n) is 8.13. The molecule has 4 atom stereocenters. The molecule has 0 N–H and O–H groups in total. The summed E-state index contributed by atoms with van der Waals surface area (Å²) in [5, 5.41) is 11.6. The van der Waals surface area contributed by atoms with Crippen LogP contribution in [0.2, 0.25) is 0 Å². The van der Waals surface area contributed by atoms with Gasteiger partial charge in [0, 0.05) is 31.0 Å². The minimum atomic E-state index is -0.196. The second-order valence-electron chi connectivity index (χ2n) is 7.00. The molecule has 4 heteroatoms. The molecule has 4 aliphatic rings. The van der Waals surface area contributed by atoms with E-state index in [1.54, 1.807) is 6.07 Å². The Bertz CT molecular complexity index is 735. The number of nitro benzene ring substituents is 1. The highest BCUT2D eigenvalue weighted by Gasteiger charge is 2.45. The predicted octanol–water partition coefficient (Wildman–Crippen LogP) is 3.75. The van der Waals surface area contributed by atoms with Gasteiger partial charge in [-0.25, -0.2) is 0 Å². The Kier molecular flexibility index (Phi) is 2.38. The number of anilines is 1. The van der Waals surface area contributed by atoms with Crippen LogP contribution in [0.1, 0.15) is 35.8 Å². The largest absolute Gasteiger partial charge is 0.370 e. The number of nitro groups is 1. The van der Waals surface area contributed by atoms with Crippen LogP contribution in [-0.2, 0) is 0 Å². The summed E-state index contributed by atoms with van der Waals surface area (Å²) in [6, 6.07) is 3.75. The quantitative estimate of drug-likeness (QED) is 0.450. The molecule has 1 aromatic carbocycles. The van der Waals surface area contributed by atoms with Gasteiger partial charge in [0.25, 0.3) is 5.69 Å². The Morgan fingerprint density at radius 3 is 2.45 bits per heavy atom. The van der Waals surface area contributed by atoms with Gasteiger partial charge in [-0.1, -0.05) is 24.3 Å². The van der Waals surface area contributed by atoms with E-state index in [2.05, 4.69) is 29.2 Å². The molecule has 2 heterocycles. The van der Waals surface area contributed by atoms with Crippen molar-refractivity contribution in [2.24, 2.45) is 11.8 Å². The zero-order valence-corrected chi connectivity index (χ0v) is 12.3. The average Bonchev–Trinajstić information content (AvgIpc) is 3.15. The first kappa shape index (κ1) is 12.4. The molecular formula is C18H18N2O2. The maximum atomic E-state index is 11.6. The van der Waals surface area contributed by atoms with Gasteiger partial charge in [-0.3, -0.25) is 10.1 Å². The molecule has 0 radical (unpaired) electrons. The highest BCUT2D eigenvalue weighted by atomic mass is 16.6. The Labute approximate surface area is 129 Å². The number of allylic oxidation sites excluding steroid dienone is 4. The SMILES string of the molecule is O=[N+]([O-])c1ccc2c3c1[C@H]1C=CC[C@@H]1CN3C[C@H]1CC=C[C@H]21. The summed E-state index contributed by atoms with van der Waals surface area (Å²) in [5.41, 5.74) is 3.77. The summed E-state index contributed by atoms with van der Waals surface area (Å²) in [6.07, 6.45) is 11.2. The summed E-state index contributed by atoms with van der Waals surface area (Å²) in [4.78, 5) is 13.8. The first-order valence-corrected chi connectivity index (χ1v) is 8.13. The van der Waals surface area contributed by atoms with Gasteiger partial charge in [0.2, 0.25) is 0 Å². The van der Waals surface area contributed by atoms with Gasteiger partial charge in [-0.05, 0) is 36.3 Å². The standard InChI is InChI=1S/C18H18N2O2/c21-20(22)16-8-7-15-13-5-1-3-11(13)9-19-10-12-4-2-6-14(12)17(16)18(15)19/h1-2,5-8,11-14H,3-4,9-10H2/t11-,12-,13+,14+/m1/s1. The van der Waals surface area contributed by atoms with Crippen molar-refractivity contribution in [3.8, 4) is 0 Å². The molecule has 4 nitrogen and oxygen atoms in total. The Balaban J connectivity index is 1.78. The van der Waals surface area contributed by atoms with Crippen LogP contribution in [0.25, 0.3) is 0 Å². The second-order valence-corrected chi connectivity index (χ2v) is 7.00. The molecule has 2 aliphatic carbocycles. The average molecular weight is 294 g/mol. The molecule has 0 saturated carbocycles. The monoisotopic (exact) mass is 294 g/mol. The van der Waals surface area contributed by atoms with Crippen LogP contribution in [0, 0.1) is 22.0 Å². The van der Waals surface area contributed by atoms with Crippen LogP contribution in [0.15, 0.2) is 36.4 Å². The fraction of sp³-hybridized carbons (Fsp3) is 0.444. The zero-order chi connectivity index (χ0) is 14.8. The Morgan fingerprint density at radius 2 is 1.73 bits per heavy atom.